The Morgan fingerprint density at radius 3 is 1.27 bits per heavy atom. The van der Waals surface area contributed by atoms with Crippen molar-refractivity contribution >= 4 is 10.8 Å². The molecule has 1 aliphatic heterocycles. The van der Waals surface area contributed by atoms with Crippen molar-refractivity contribution in [3.05, 3.63) is 239 Å². The molecule has 0 saturated carbocycles. The van der Waals surface area contributed by atoms with Crippen molar-refractivity contribution in [2.24, 2.45) is 0 Å². The summed E-state index contributed by atoms with van der Waals surface area (Å²) in [6.07, 6.45) is 0. The average molecular weight is 697 g/mol. The molecule has 0 amide bonds. The third kappa shape index (κ3) is 3.50. The van der Waals surface area contributed by atoms with Gasteiger partial charge in [-0.1, -0.05) is 158 Å². The summed E-state index contributed by atoms with van der Waals surface area (Å²) in [6, 6.07) is 72.5. The van der Waals surface area contributed by atoms with Gasteiger partial charge in [0, 0.05) is 11.1 Å². The molecule has 55 heavy (non-hydrogen) atoms. The number of para-hydroxylation sites is 1. The maximum absolute atomic E-state index is 6.79. The molecule has 13 rings (SSSR count). The molecule has 1 heteroatoms. The fourth-order valence-electron chi connectivity index (χ4n) is 11.0. The van der Waals surface area contributed by atoms with Gasteiger partial charge in [0.2, 0.25) is 0 Å². The Balaban J connectivity index is 1.08. The number of benzene rings is 9. The highest BCUT2D eigenvalue weighted by atomic mass is 16.5. The van der Waals surface area contributed by atoms with Gasteiger partial charge in [-0.3, -0.25) is 0 Å². The fraction of sp³-hybridized carbons (Fsp3) is 0.0370. The van der Waals surface area contributed by atoms with Gasteiger partial charge in [-0.05, 0) is 125 Å². The van der Waals surface area contributed by atoms with Crippen LogP contribution >= 0.6 is 0 Å². The standard InChI is InChI=1S/C54H32O/c1-2-14-34-30-49-42(29-33(34)13-1)40-18-6-10-22-46(40)54(49)45-21-9-5-17-39(45)41-27-25-35(31-48(41)54)36-26-28-52-50(32-36)53(47-23-11-12-24-51(47)55-52)43-19-7-3-15-37(43)38-16-4-8-20-44(38)53/h1-32H. The number of ether oxygens (including phenoxy) is 1. The first-order valence-electron chi connectivity index (χ1n) is 19.3. The van der Waals surface area contributed by atoms with E-state index >= 15 is 0 Å². The van der Waals surface area contributed by atoms with Crippen LogP contribution in [0.3, 0.4) is 0 Å². The zero-order chi connectivity index (χ0) is 35.9. The van der Waals surface area contributed by atoms with Gasteiger partial charge >= 0.3 is 0 Å². The lowest BCUT2D eigenvalue weighted by atomic mass is 9.65. The van der Waals surface area contributed by atoms with E-state index in [0.717, 1.165) is 11.5 Å². The van der Waals surface area contributed by atoms with E-state index in [2.05, 4.69) is 194 Å². The van der Waals surface area contributed by atoms with Gasteiger partial charge in [-0.15, -0.1) is 0 Å². The highest BCUT2D eigenvalue weighted by Crippen LogP contribution is 2.65. The highest BCUT2D eigenvalue weighted by Gasteiger charge is 2.53. The molecule has 4 aliphatic rings. The third-order valence-electron chi connectivity index (χ3n) is 13.1. The van der Waals surface area contributed by atoms with Crippen molar-refractivity contribution in [3.63, 3.8) is 0 Å². The molecule has 254 valence electrons. The molecule has 2 spiro atoms. The first-order valence-corrected chi connectivity index (χ1v) is 19.3. The highest BCUT2D eigenvalue weighted by molar-refractivity contribution is 6.00. The second-order valence-corrected chi connectivity index (χ2v) is 15.5. The van der Waals surface area contributed by atoms with Crippen LogP contribution in [0.25, 0.3) is 55.3 Å². The largest absolute Gasteiger partial charge is 0.457 e. The van der Waals surface area contributed by atoms with Crippen molar-refractivity contribution in [2.45, 2.75) is 10.8 Å². The summed E-state index contributed by atoms with van der Waals surface area (Å²) in [7, 11) is 0. The molecule has 1 unspecified atom stereocenters. The van der Waals surface area contributed by atoms with E-state index in [0.29, 0.717) is 0 Å². The van der Waals surface area contributed by atoms with Crippen molar-refractivity contribution in [1.82, 2.24) is 0 Å². The van der Waals surface area contributed by atoms with E-state index < -0.39 is 10.8 Å². The molecular formula is C54H32O. The van der Waals surface area contributed by atoms with Crippen LogP contribution in [0.2, 0.25) is 0 Å². The van der Waals surface area contributed by atoms with Crippen molar-refractivity contribution in [1.29, 1.82) is 0 Å². The van der Waals surface area contributed by atoms with E-state index in [4.69, 9.17) is 4.74 Å². The molecule has 0 N–H and O–H groups in total. The van der Waals surface area contributed by atoms with Crippen molar-refractivity contribution in [2.75, 3.05) is 0 Å². The Morgan fingerprint density at radius 2 is 0.655 bits per heavy atom. The van der Waals surface area contributed by atoms with Crippen LogP contribution in [-0.2, 0) is 10.8 Å². The van der Waals surface area contributed by atoms with E-state index in [1.54, 1.807) is 0 Å². The van der Waals surface area contributed by atoms with E-state index in [1.165, 1.54) is 99.8 Å². The number of hydrogen-bond donors (Lipinski definition) is 0. The molecule has 9 aromatic rings. The van der Waals surface area contributed by atoms with Crippen LogP contribution in [0, 0.1) is 0 Å². The van der Waals surface area contributed by atoms with E-state index in [9.17, 15) is 0 Å². The fourth-order valence-corrected chi connectivity index (χ4v) is 11.0. The third-order valence-corrected chi connectivity index (χ3v) is 13.1. The summed E-state index contributed by atoms with van der Waals surface area (Å²) in [4.78, 5) is 0. The number of fused-ring (bicyclic) bond motifs is 20. The Morgan fingerprint density at radius 1 is 0.255 bits per heavy atom. The minimum Gasteiger partial charge on any atom is -0.457 e. The first kappa shape index (κ1) is 29.5. The quantitative estimate of drug-likeness (QED) is 0.166. The second-order valence-electron chi connectivity index (χ2n) is 15.5. The van der Waals surface area contributed by atoms with E-state index in [-0.39, 0.29) is 0 Å². The molecule has 0 bridgehead atoms. The first-order chi connectivity index (χ1) is 27.3. The topological polar surface area (TPSA) is 9.23 Å². The lowest BCUT2D eigenvalue weighted by molar-refractivity contribution is 0.436. The molecule has 1 nitrogen and oxygen atoms in total. The maximum atomic E-state index is 6.79. The van der Waals surface area contributed by atoms with Gasteiger partial charge in [0.05, 0.1) is 10.8 Å². The minimum atomic E-state index is -0.508. The molecule has 1 atom stereocenters. The van der Waals surface area contributed by atoms with Crippen molar-refractivity contribution < 1.29 is 4.74 Å². The normalized spacial score (nSPS) is 16.7. The molecule has 0 radical (unpaired) electrons. The summed E-state index contributed by atoms with van der Waals surface area (Å²) in [5.74, 6) is 1.82. The number of hydrogen-bond acceptors (Lipinski definition) is 1. The lowest BCUT2D eigenvalue weighted by Gasteiger charge is -2.39. The molecule has 3 aliphatic carbocycles. The predicted molar refractivity (Wildman–Crippen MR) is 223 cm³/mol. The van der Waals surface area contributed by atoms with Gasteiger partial charge in [-0.2, -0.15) is 0 Å². The number of rotatable bonds is 1. The van der Waals surface area contributed by atoms with Crippen LogP contribution in [0.4, 0.5) is 0 Å². The van der Waals surface area contributed by atoms with Gasteiger partial charge in [-0.25, -0.2) is 0 Å². The molecule has 1 heterocycles. The van der Waals surface area contributed by atoms with Gasteiger partial charge in [0.15, 0.2) is 0 Å². The zero-order valence-electron chi connectivity index (χ0n) is 29.9. The molecule has 9 aromatic carbocycles. The maximum Gasteiger partial charge on any atom is 0.132 e. The molecule has 0 aromatic heterocycles. The van der Waals surface area contributed by atoms with Crippen LogP contribution in [-0.4, -0.2) is 0 Å². The minimum absolute atomic E-state index is 0.432. The Bertz CT molecular complexity index is 3100. The monoisotopic (exact) mass is 696 g/mol. The predicted octanol–water partition coefficient (Wildman–Crippen LogP) is 13.3. The average Bonchev–Trinajstić information content (AvgIpc) is 3.83. The Hall–Kier alpha value is -6.96. The lowest BCUT2D eigenvalue weighted by Crippen LogP contribution is -2.32. The molecule has 0 saturated heterocycles. The SMILES string of the molecule is c1ccc2c(c1)Oc1ccc(-c3ccc4c(c3)C3(c5ccccc5-4)c4ccccc4-c4cc5ccccc5cc43)cc1C21c2ccccc2-c2ccccc21. The second kappa shape index (κ2) is 10.4. The smallest absolute Gasteiger partial charge is 0.132 e. The van der Waals surface area contributed by atoms with Crippen LogP contribution in [0.5, 0.6) is 11.5 Å². The Labute approximate surface area is 319 Å². The van der Waals surface area contributed by atoms with Crippen LogP contribution in [0.15, 0.2) is 194 Å². The zero-order valence-corrected chi connectivity index (χ0v) is 29.9. The summed E-state index contributed by atoms with van der Waals surface area (Å²) >= 11 is 0. The van der Waals surface area contributed by atoms with Gasteiger partial charge < -0.3 is 4.74 Å². The summed E-state index contributed by atoms with van der Waals surface area (Å²) < 4.78 is 6.79. The molecular weight excluding hydrogens is 665 g/mol. The summed E-state index contributed by atoms with van der Waals surface area (Å²) in [5.41, 5.74) is 19.7. The van der Waals surface area contributed by atoms with Crippen LogP contribution in [0.1, 0.15) is 44.5 Å². The van der Waals surface area contributed by atoms with E-state index in [1.807, 2.05) is 0 Å². The summed E-state index contributed by atoms with van der Waals surface area (Å²) in [6.45, 7) is 0. The van der Waals surface area contributed by atoms with Gasteiger partial charge in [0.1, 0.15) is 11.5 Å². The molecule has 0 fully saturated rings. The Kier molecular flexibility index (Phi) is 5.56. The van der Waals surface area contributed by atoms with Crippen LogP contribution < -0.4 is 4.74 Å². The summed E-state index contributed by atoms with van der Waals surface area (Å²) in [5, 5.41) is 2.54. The van der Waals surface area contributed by atoms with Crippen molar-refractivity contribution in [3.8, 4) is 56.0 Å². The van der Waals surface area contributed by atoms with Gasteiger partial charge in [0.25, 0.3) is 0 Å².